The molecule has 0 unspecified atom stereocenters. The molecule has 0 nitrogen and oxygen atoms in total. The van der Waals surface area contributed by atoms with E-state index in [0.29, 0.717) is 0 Å². The standard InChI is InChI=1S/C24H26/c1-15-3-7-17(8-4-15)23-19-11-12-20(23)22-14-13-21(19)24(22)18-9-5-16(2)6-10-18/h3-10,19-22H,11-14H2,1-2H3/q+1/t19-,20+,21+,22-. The Morgan fingerprint density at radius 3 is 1.92 bits per heavy atom. The molecule has 4 aliphatic rings. The van der Waals surface area contributed by atoms with Crippen LogP contribution < -0.4 is 0 Å². The molecule has 1 aromatic carbocycles. The van der Waals surface area contributed by atoms with Crippen LogP contribution in [0.2, 0.25) is 0 Å². The van der Waals surface area contributed by atoms with Gasteiger partial charge in [0, 0.05) is 35.8 Å². The minimum Gasteiger partial charge on any atom is -0.0730 e. The Bertz CT molecular complexity index is 692. The van der Waals surface area contributed by atoms with E-state index in [9.17, 15) is 0 Å². The van der Waals surface area contributed by atoms with Gasteiger partial charge >= 0.3 is 0 Å². The van der Waals surface area contributed by atoms with Crippen molar-refractivity contribution in [1.82, 2.24) is 0 Å². The molecule has 4 atom stereocenters. The van der Waals surface area contributed by atoms with Gasteiger partial charge < -0.3 is 0 Å². The van der Waals surface area contributed by atoms with Crippen LogP contribution in [-0.2, 0) is 0 Å². The van der Waals surface area contributed by atoms with Crippen LogP contribution in [0.5, 0.6) is 0 Å². The van der Waals surface area contributed by atoms with Gasteiger partial charge in [-0.15, -0.1) is 0 Å². The summed E-state index contributed by atoms with van der Waals surface area (Å²) in [6, 6.07) is 9.35. The van der Waals surface area contributed by atoms with Gasteiger partial charge in [0.25, 0.3) is 0 Å². The van der Waals surface area contributed by atoms with Crippen molar-refractivity contribution in [3.63, 3.8) is 0 Å². The first-order valence-corrected chi connectivity index (χ1v) is 9.60. The van der Waals surface area contributed by atoms with Gasteiger partial charge in [0.05, 0.1) is 0 Å². The minimum absolute atomic E-state index is 0.799. The lowest BCUT2D eigenvalue weighted by molar-refractivity contribution is 0.372. The summed E-state index contributed by atoms with van der Waals surface area (Å²) in [7, 11) is 0. The molecule has 3 fully saturated rings. The Balaban J connectivity index is 1.55. The summed E-state index contributed by atoms with van der Waals surface area (Å²) in [5.41, 5.74) is 6.25. The van der Waals surface area contributed by atoms with Crippen LogP contribution in [-0.4, -0.2) is 0 Å². The Morgan fingerprint density at radius 1 is 0.750 bits per heavy atom. The average molecular weight is 314 g/mol. The molecule has 5 rings (SSSR count). The van der Waals surface area contributed by atoms with E-state index < -0.39 is 0 Å². The van der Waals surface area contributed by atoms with Crippen molar-refractivity contribution in [2.24, 2.45) is 23.7 Å². The molecule has 24 heavy (non-hydrogen) atoms. The topological polar surface area (TPSA) is 0 Å². The molecule has 3 saturated carbocycles. The molecule has 4 bridgehead atoms. The quantitative estimate of drug-likeness (QED) is 0.558. The van der Waals surface area contributed by atoms with Crippen LogP contribution in [0.1, 0.15) is 43.7 Å². The first-order chi connectivity index (χ1) is 11.7. The van der Waals surface area contributed by atoms with Crippen LogP contribution in [0, 0.1) is 42.4 Å². The summed E-state index contributed by atoms with van der Waals surface area (Å²) in [6.45, 7) is 4.38. The molecule has 0 spiro atoms. The summed E-state index contributed by atoms with van der Waals surface area (Å²) < 4.78 is 0. The van der Waals surface area contributed by atoms with Crippen LogP contribution in [0.15, 0.2) is 59.7 Å². The monoisotopic (exact) mass is 314 g/mol. The first-order valence-electron chi connectivity index (χ1n) is 9.60. The van der Waals surface area contributed by atoms with Gasteiger partial charge in [-0.25, -0.2) is 0 Å². The van der Waals surface area contributed by atoms with Gasteiger partial charge in [0.15, 0.2) is 0 Å². The molecule has 0 amide bonds. The third-order valence-electron chi connectivity index (χ3n) is 6.92. The highest BCUT2D eigenvalue weighted by Crippen LogP contribution is 2.64. The maximum atomic E-state index is 2.38. The van der Waals surface area contributed by atoms with Gasteiger partial charge in [-0.1, -0.05) is 36.8 Å². The number of hydrogen-bond acceptors (Lipinski definition) is 0. The van der Waals surface area contributed by atoms with Crippen molar-refractivity contribution in [2.75, 3.05) is 0 Å². The van der Waals surface area contributed by atoms with Crippen molar-refractivity contribution in [3.05, 3.63) is 82.7 Å². The van der Waals surface area contributed by atoms with E-state index in [1.54, 1.807) is 11.5 Å². The van der Waals surface area contributed by atoms with E-state index in [-0.39, 0.29) is 0 Å². The number of fused-ring (bicyclic) bond motifs is 6. The van der Waals surface area contributed by atoms with Gasteiger partial charge in [-0.2, -0.15) is 0 Å². The Morgan fingerprint density at radius 2 is 1.33 bits per heavy atom. The summed E-state index contributed by atoms with van der Waals surface area (Å²) in [6.07, 6.45) is 15.0. The summed E-state index contributed by atoms with van der Waals surface area (Å²) in [4.78, 5) is 0. The summed E-state index contributed by atoms with van der Waals surface area (Å²) >= 11 is 0. The lowest BCUT2D eigenvalue weighted by atomic mass is 9.65. The molecule has 1 radical (unpaired) electrons. The lowest BCUT2D eigenvalue weighted by Crippen LogP contribution is -2.31. The number of rotatable bonds is 1. The van der Waals surface area contributed by atoms with Crippen LogP contribution in [0.4, 0.5) is 0 Å². The third kappa shape index (κ3) is 2.08. The third-order valence-corrected chi connectivity index (χ3v) is 6.92. The van der Waals surface area contributed by atoms with E-state index in [1.165, 1.54) is 48.3 Å². The van der Waals surface area contributed by atoms with Gasteiger partial charge in [-0.3, -0.25) is 0 Å². The fourth-order valence-corrected chi connectivity index (χ4v) is 5.91. The SMILES string of the molecule is C[C]1C=CC(=C2[C@H]3CC[C@@H]2[C@@H]2CC[C@H]3[C+]2c2ccc(C)cc2)C=C1. The number of benzene rings is 1. The van der Waals surface area contributed by atoms with Crippen molar-refractivity contribution >= 4 is 0 Å². The number of hydrogen-bond donors (Lipinski definition) is 0. The molecule has 0 heteroatoms. The largest absolute Gasteiger partial charge is 0.133 e. The maximum Gasteiger partial charge on any atom is 0.133 e. The molecule has 121 valence electrons. The van der Waals surface area contributed by atoms with E-state index >= 15 is 0 Å². The highest BCUT2D eigenvalue weighted by Gasteiger charge is 2.58. The highest BCUT2D eigenvalue weighted by molar-refractivity contribution is 5.52. The zero-order chi connectivity index (χ0) is 16.3. The number of allylic oxidation sites excluding steroid dienone is 6. The van der Waals surface area contributed by atoms with Gasteiger partial charge in [0.2, 0.25) is 0 Å². The smallest absolute Gasteiger partial charge is 0.0730 e. The second-order valence-corrected chi connectivity index (χ2v) is 8.22. The summed E-state index contributed by atoms with van der Waals surface area (Å²) in [5, 5.41) is 0. The van der Waals surface area contributed by atoms with Crippen LogP contribution in [0.25, 0.3) is 0 Å². The van der Waals surface area contributed by atoms with Crippen molar-refractivity contribution < 1.29 is 0 Å². The van der Waals surface area contributed by atoms with Crippen molar-refractivity contribution in [2.45, 2.75) is 39.5 Å². The predicted molar refractivity (Wildman–Crippen MR) is 100 cm³/mol. The molecule has 4 aliphatic carbocycles. The van der Waals surface area contributed by atoms with E-state index in [1.807, 2.05) is 0 Å². The van der Waals surface area contributed by atoms with Crippen LogP contribution >= 0.6 is 0 Å². The predicted octanol–water partition coefficient (Wildman–Crippen LogP) is 6.00. The zero-order valence-corrected chi connectivity index (χ0v) is 14.8. The van der Waals surface area contributed by atoms with Gasteiger partial charge in [0.1, 0.15) is 5.56 Å². The Kier molecular flexibility index (Phi) is 3.30. The molecular formula is C24H26+. The molecular weight excluding hydrogens is 288 g/mol. The van der Waals surface area contributed by atoms with Crippen molar-refractivity contribution in [3.8, 4) is 0 Å². The fraction of sp³-hybridized carbons (Fsp3) is 0.417. The van der Waals surface area contributed by atoms with E-state index in [2.05, 4.69) is 62.4 Å². The second-order valence-electron chi connectivity index (χ2n) is 8.22. The second kappa shape index (κ2) is 5.41. The first kappa shape index (κ1) is 14.6. The maximum absolute atomic E-state index is 2.38. The van der Waals surface area contributed by atoms with Gasteiger partial charge in [-0.05, 0) is 67.7 Å². The average Bonchev–Trinajstić information content (AvgIpc) is 3.11. The van der Waals surface area contributed by atoms with Crippen molar-refractivity contribution in [1.29, 1.82) is 0 Å². The fourth-order valence-electron chi connectivity index (χ4n) is 5.91. The molecule has 0 saturated heterocycles. The summed E-state index contributed by atoms with van der Waals surface area (Å²) in [5.74, 6) is 6.37. The van der Waals surface area contributed by atoms with Crippen LogP contribution in [0.3, 0.4) is 0 Å². The van der Waals surface area contributed by atoms with E-state index in [0.717, 1.165) is 23.7 Å². The lowest BCUT2D eigenvalue weighted by Gasteiger charge is -2.35. The zero-order valence-electron chi connectivity index (χ0n) is 14.8. The van der Waals surface area contributed by atoms with E-state index in [4.69, 9.17) is 0 Å². The molecule has 0 N–H and O–H groups in total. The molecule has 1 aromatic rings. The highest BCUT2D eigenvalue weighted by atomic mass is 14.6. The minimum atomic E-state index is 0.799. The molecule has 0 heterocycles. The Hall–Kier alpha value is -1.69. The number of aryl methyl sites for hydroxylation is 1. The molecule has 0 aromatic heterocycles. The normalized spacial score (nSPS) is 34.5. The Labute approximate surface area is 146 Å². The molecule has 0 aliphatic heterocycles.